The van der Waals surface area contributed by atoms with Crippen molar-refractivity contribution in [1.82, 2.24) is 0 Å². The van der Waals surface area contributed by atoms with E-state index in [1.807, 2.05) is 26.8 Å². The molecule has 0 aliphatic heterocycles. The van der Waals surface area contributed by atoms with Gasteiger partial charge in [0, 0.05) is 44.4 Å². The molecule has 0 spiro atoms. The van der Waals surface area contributed by atoms with Crippen molar-refractivity contribution in [2.45, 2.75) is 113 Å². The lowest BCUT2D eigenvalue weighted by Crippen LogP contribution is -2.64. The van der Waals surface area contributed by atoms with Crippen molar-refractivity contribution in [1.29, 1.82) is 0 Å². The number of rotatable bonds is 7. The molecule has 0 bridgehead atoms. The molecule has 10 heteroatoms. The van der Waals surface area contributed by atoms with Crippen LogP contribution in [0.5, 0.6) is 0 Å². The minimum atomic E-state index is -2.07. The van der Waals surface area contributed by atoms with E-state index in [0.29, 0.717) is 6.42 Å². The SMILES string of the molecule is CC(=O)OC1=CC2C(=CCC3C2(C)C(=O)CC2(C)C(C(C)(O)C(=O)C=CC(C)(C)OC(C)=O)C(OC(C)=O)CC32C)C(C)(C)C1=O. The van der Waals surface area contributed by atoms with Crippen LogP contribution in [0.3, 0.4) is 0 Å². The molecule has 0 radical (unpaired) electrons. The van der Waals surface area contributed by atoms with Gasteiger partial charge in [0.15, 0.2) is 11.5 Å². The average molecular weight is 641 g/mol. The number of esters is 3. The molecule has 8 atom stereocenters. The fourth-order valence-electron chi connectivity index (χ4n) is 9.47. The molecule has 0 amide bonds. The number of ether oxygens (including phenoxy) is 3. The Labute approximate surface area is 271 Å². The summed E-state index contributed by atoms with van der Waals surface area (Å²) in [7, 11) is 0. The highest BCUT2D eigenvalue weighted by Crippen LogP contribution is 2.74. The van der Waals surface area contributed by atoms with Crippen molar-refractivity contribution in [2.75, 3.05) is 0 Å². The second-order valence-electron chi connectivity index (χ2n) is 15.6. The number of carbonyl (C=O) groups excluding carboxylic acids is 6. The van der Waals surface area contributed by atoms with Crippen molar-refractivity contribution in [2.24, 2.45) is 39.4 Å². The van der Waals surface area contributed by atoms with Gasteiger partial charge in [-0.1, -0.05) is 32.4 Å². The topological polar surface area (TPSA) is 150 Å². The van der Waals surface area contributed by atoms with Gasteiger partial charge in [0.05, 0.1) is 5.41 Å². The first-order chi connectivity index (χ1) is 20.9. The quantitative estimate of drug-likeness (QED) is 0.178. The first-order valence-corrected chi connectivity index (χ1v) is 15.9. The van der Waals surface area contributed by atoms with Crippen LogP contribution in [0.15, 0.2) is 35.6 Å². The number of carbonyl (C=O) groups is 6. The largest absolute Gasteiger partial charge is 0.462 e. The maximum absolute atomic E-state index is 14.7. The summed E-state index contributed by atoms with van der Waals surface area (Å²) < 4.78 is 16.5. The zero-order chi connectivity index (χ0) is 35.0. The lowest BCUT2D eigenvalue weighted by Gasteiger charge is -2.63. The highest BCUT2D eigenvalue weighted by Gasteiger charge is 2.75. The Hall–Kier alpha value is -3.40. The number of allylic oxidation sites excluding steroid dienone is 4. The Morgan fingerprint density at radius 1 is 0.935 bits per heavy atom. The van der Waals surface area contributed by atoms with E-state index >= 15 is 0 Å². The summed E-state index contributed by atoms with van der Waals surface area (Å²) in [5.41, 5.74) is -6.16. The Bertz CT molecular complexity index is 1490. The molecule has 4 aliphatic carbocycles. The van der Waals surface area contributed by atoms with E-state index in [0.717, 1.165) is 5.57 Å². The first-order valence-electron chi connectivity index (χ1n) is 15.9. The van der Waals surface area contributed by atoms with E-state index in [1.54, 1.807) is 33.8 Å². The molecule has 0 heterocycles. The van der Waals surface area contributed by atoms with Gasteiger partial charge in [-0.25, -0.2) is 0 Å². The summed E-state index contributed by atoms with van der Waals surface area (Å²) in [6.07, 6.45) is 6.02. The maximum atomic E-state index is 14.7. The predicted molar refractivity (Wildman–Crippen MR) is 167 cm³/mol. The summed E-state index contributed by atoms with van der Waals surface area (Å²) in [5.74, 6) is -4.77. The third kappa shape index (κ3) is 5.30. The highest BCUT2D eigenvalue weighted by molar-refractivity contribution is 6.03. The summed E-state index contributed by atoms with van der Waals surface area (Å²) in [6, 6.07) is 0. The molecule has 46 heavy (non-hydrogen) atoms. The Morgan fingerprint density at radius 2 is 1.54 bits per heavy atom. The zero-order valence-corrected chi connectivity index (χ0v) is 28.9. The molecular formula is C36H48O10. The summed E-state index contributed by atoms with van der Waals surface area (Å²) in [5, 5.41) is 12.1. The number of ketones is 3. The number of Topliss-reactive ketones (excluding diaryl/α,β-unsaturated/α-hetero) is 2. The van der Waals surface area contributed by atoms with Gasteiger partial charge in [-0.15, -0.1) is 0 Å². The van der Waals surface area contributed by atoms with E-state index in [-0.39, 0.29) is 36.1 Å². The van der Waals surface area contributed by atoms with Gasteiger partial charge in [0.1, 0.15) is 23.1 Å². The van der Waals surface area contributed by atoms with Crippen LogP contribution in [-0.4, -0.2) is 57.7 Å². The van der Waals surface area contributed by atoms with Gasteiger partial charge in [0.25, 0.3) is 0 Å². The monoisotopic (exact) mass is 640 g/mol. The molecule has 10 nitrogen and oxygen atoms in total. The molecule has 2 saturated carbocycles. The standard InChI is InChI=1S/C36H48O10/c1-19(37)44-24-16-23-22(32(6,7)30(24)42)12-13-26-33(8)17-25(45-20(2)38)29(34(33,9)18-28(41)35(23,26)10)36(11,43)27(40)14-15-31(4,5)46-21(3)39/h12,14-16,23,25-26,29,43H,13,17-18H2,1-11H3. The lowest BCUT2D eigenvalue weighted by atomic mass is 9.39. The second kappa shape index (κ2) is 11.1. The third-order valence-corrected chi connectivity index (χ3v) is 11.7. The van der Waals surface area contributed by atoms with Gasteiger partial charge in [-0.2, -0.15) is 0 Å². The molecule has 0 saturated heterocycles. The predicted octanol–water partition coefficient (Wildman–Crippen LogP) is 4.77. The Balaban J connectivity index is 1.85. The minimum absolute atomic E-state index is 0.0279. The van der Waals surface area contributed by atoms with Crippen LogP contribution in [0.4, 0.5) is 0 Å². The van der Waals surface area contributed by atoms with Gasteiger partial charge in [-0.05, 0) is 82.4 Å². The molecule has 0 aromatic rings. The van der Waals surface area contributed by atoms with Gasteiger partial charge < -0.3 is 19.3 Å². The van der Waals surface area contributed by atoms with E-state index in [1.165, 1.54) is 39.8 Å². The van der Waals surface area contributed by atoms with Gasteiger partial charge in [0.2, 0.25) is 5.78 Å². The first kappa shape index (κ1) is 35.5. The fraction of sp³-hybridized carbons (Fsp3) is 0.667. The number of fused-ring (bicyclic) bond motifs is 5. The van der Waals surface area contributed by atoms with Gasteiger partial charge in [-0.3, -0.25) is 28.8 Å². The smallest absolute Gasteiger partial charge is 0.308 e. The van der Waals surface area contributed by atoms with E-state index < -0.39 is 74.5 Å². The molecule has 4 rings (SSSR count). The molecular weight excluding hydrogens is 592 g/mol. The van der Waals surface area contributed by atoms with E-state index in [2.05, 4.69) is 0 Å². The normalized spacial score (nSPS) is 36.3. The lowest BCUT2D eigenvalue weighted by molar-refractivity contribution is -0.181. The van der Waals surface area contributed by atoms with Crippen LogP contribution in [0.1, 0.15) is 95.4 Å². The molecule has 0 aromatic heterocycles. The second-order valence-corrected chi connectivity index (χ2v) is 15.6. The fourth-order valence-corrected chi connectivity index (χ4v) is 9.47. The maximum Gasteiger partial charge on any atom is 0.308 e. The number of aliphatic hydroxyl groups is 1. The van der Waals surface area contributed by atoms with Crippen molar-refractivity contribution in [3.8, 4) is 0 Å². The zero-order valence-electron chi connectivity index (χ0n) is 28.9. The van der Waals surface area contributed by atoms with E-state index in [9.17, 15) is 33.9 Å². The van der Waals surface area contributed by atoms with Crippen LogP contribution < -0.4 is 0 Å². The summed E-state index contributed by atoms with van der Waals surface area (Å²) in [4.78, 5) is 77.8. The highest BCUT2D eigenvalue weighted by atomic mass is 16.6. The van der Waals surface area contributed by atoms with Gasteiger partial charge >= 0.3 is 17.9 Å². The van der Waals surface area contributed by atoms with Crippen molar-refractivity contribution in [3.63, 3.8) is 0 Å². The number of hydrogen-bond acceptors (Lipinski definition) is 10. The molecule has 4 aliphatic rings. The molecule has 2 fully saturated rings. The molecule has 1 N–H and O–H groups in total. The van der Waals surface area contributed by atoms with Crippen molar-refractivity contribution < 1.29 is 48.1 Å². The van der Waals surface area contributed by atoms with Crippen molar-refractivity contribution >= 4 is 35.3 Å². The van der Waals surface area contributed by atoms with Crippen LogP contribution >= 0.6 is 0 Å². The third-order valence-electron chi connectivity index (χ3n) is 11.7. The van der Waals surface area contributed by atoms with Crippen LogP contribution in [0.25, 0.3) is 0 Å². The number of hydrogen-bond donors (Lipinski definition) is 1. The molecule has 252 valence electrons. The summed E-state index contributed by atoms with van der Waals surface area (Å²) >= 11 is 0. The summed E-state index contributed by atoms with van der Waals surface area (Å²) in [6.45, 7) is 17.7. The van der Waals surface area contributed by atoms with Crippen LogP contribution in [-0.2, 0) is 43.0 Å². The van der Waals surface area contributed by atoms with E-state index in [4.69, 9.17) is 14.2 Å². The molecule has 8 unspecified atom stereocenters. The van der Waals surface area contributed by atoms with Crippen LogP contribution in [0, 0.1) is 39.4 Å². The minimum Gasteiger partial charge on any atom is -0.462 e. The average Bonchev–Trinajstić information content (AvgIpc) is 3.11. The van der Waals surface area contributed by atoms with Crippen LogP contribution in [0.2, 0.25) is 0 Å². The molecule has 0 aromatic carbocycles. The Kier molecular flexibility index (Phi) is 8.55. The van der Waals surface area contributed by atoms with Crippen molar-refractivity contribution in [3.05, 3.63) is 35.6 Å². The Morgan fingerprint density at radius 3 is 2.09 bits per heavy atom.